The van der Waals surface area contributed by atoms with Crippen molar-refractivity contribution >= 4 is 0 Å². The van der Waals surface area contributed by atoms with E-state index >= 15 is 0 Å². The van der Waals surface area contributed by atoms with E-state index in [2.05, 4.69) is 43.1 Å². The van der Waals surface area contributed by atoms with Gasteiger partial charge < -0.3 is 5.32 Å². The summed E-state index contributed by atoms with van der Waals surface area (Å²) in [6.07, 6.45) is 2.98. The van der Waals surface area contributed by atoms with Gasteiger partial charge in [-0.15, -0.1) is 0 Å². The third-order valence-electron chi connectivity index (χ3n) is 2.36. The third kappa shape index (κ3) is 5.26. The molecule has 92 valence electrons. The van der Waals surface area contributed by atoms with Crippen LogP contribution >= 0.6 is 0 Å². The summed E-state index contributed by atoms with van der Waals surface area (Å²) in [6, 6.07) is 0. The zero-order chi connectivity index (χ0) is 12.0. The van der Waals surface area contributed by atoms with E-state index in [-0.39, 0.29) is 0 Å². The first kappa shape index (κ1) is 13.2. The number of nitrogens with zero attached hydrogens (tertiary/aromatic N) is 3. The molecule has 4 nitrogen and oxygen atoms in total. The van der Waals surface area contributed by atoms with Gasteiger partial charge in [-0.3, -0.25) is 4.68 Å². The average Bonchev–Trinajstić information content (AvgIpc) is 2.62. The van der Waals surface area contributed by atoms with Crippen LogP contribution in [0.1, 0.15) is 39.9 Å². The topological polar surface area (TPSA) is 42.7 Å². The first-order valence-electron chi connectivity index (χ1n) is 6.17. The van der Waals surface area contributed by atoms with Gasteiger partial charge in [0.1, 0.15) is 6.33 Å². The van der Waals surface area contributed by atoms with E-state index in [0.717, 1.165) is 31.9 Å². The molecule has 0 radical (unpaired) electrons. The highest BCUT2D eigenvalue weighted by atomic mass is 15.3. The quantitative estimate of drug-likeness (QED) is 0.771. The van der Waals surface area contributed by atoms with Crippen LogP contribution in [0.15, 0.2) is 6.33 Å². The van der Waals surface area contributed by atoms with Crippen LogP contribution in [0.2, 0.25) is 0 Å². The maximum Gasteiger partial charge on any atom is 0.164 e. The Bertz CT molecular complexity index is 291. The minimum atomic E-state index is 0.669. The third-order valence-corrected chi connectivity index (χ3v) is 2.36. The smallest absolute Gasteiger partial charge is 0.164 e. The predicted molar refractivity (Wildman–Crippen MR) is 66.0 cm³/mol. The summed E-state index contributed by atoms with van der Waals surface area (Å²) >= 11 is 0. The van der Waals surface area contributed by atoms with Gasteiger partial charge in [-0.25, -0.2) is 4.98 Å². The minimum absolute atomic E-state index is 0.669. The van der Waals surface area contributed by atoms with Crippen molar-refractivity contribution in [2.45, 2.75) is 47.2 Å². The van der Waals surface area contributed by atoms with Crippen LogP contribution in [0.25, 0.3) is 0 Å². The molecule has 0 aliphatic carbocycles. The second-order valence-electron chi connectivity index (χ2n) is 5.13. The monoisotopic (exact) mass is 224 g/mol. The fourth-order valence-corrected chi connectivity index (χ4v) is 1.39. The molecule has 0 unspecified atom stereocenters. The van der Waals surface area contributed by atoms with Gasteiger partial charge in [-0.2, -0.15) is 5.10 Å². The van der Waals surface area contributed by atoms with Gasteiger partial charge in [0.2, 0.25) is 0 Å². The number of hydrogen-bond acceptors (Lipinski definition) is 3. The summed E-state index contributed by atoms with van der Waals surface area (Å²) in [5, 5.41) is 7.76. The first-order chi connectivity index (χ1) is 7.58. The molecular formula is C12H24N4. The second-order valence-corrected chi connectivity index (χ2v) is 5.13. The van der Waals surface area contributed by atoms with Gasteiger partial charge in [0, 0.05) is 6.54 Å². The van der Waals surface area contributed by atoms with Crippen molar-refractivity contribution < 1.29 is 0 Å². The highest BCUT2D eigenvalue weighted by molar-refractivity contribution is 4.80. The molecule has 0 saturated heterocycles. The first-order valence-corrected chi connectivity index (χ1v) is 6.17. The highest BCUT2D eigenvalue weighted by Gasteiger charge is 2.02. The lowest BCUT2D eigenvalue weighted by atomic mass is 10.1. The number of aromatic nitrogens is 3. The summed E-state index contributed by atoms with van der Waals surface area (Å²) in [5.41, 5.74) is 0. The molecule has 0 atom stereocenters. The van der Waals surface area contributed by atoms with Crippen LogP contribution in [0.3, 0.4) is 0 Å². The fraction of sp³-hybridized carbons (Fsp3) is 0.833. The Kier molecular flexibility index (Phi) is 5.46. The van der Waals surface area contributed by atoms with E-state index in [1.54, 1.807) is 0 Å². The molecule has 0 aliphatic rings. The molecule has 1 aromatic heterocycles. The van der Waals surface area contributed by atoms with Crippen LogP contribution in [-0.4, -0.2) is 21.3 Å². The van der Waals surface area contributed by atoms with Gasteiger partial charge >= 0.3 is 0 Å². The molecule has 0 aliphatic heterocycles. The van der Waals surface area contributed by atoms with Crippen LogP contribution in [0.5, 0.6) is 0 Å². The van der Waals surface area contributed by atoms with E-state index in [9.17, 15) is 0 Å². The highest BCUT2D eigenvalue weighted by Crippen LogP contribution is 2.01. The van der Waals surface area contributed by atoms with Crippen LogP contribution in [0.4, 0.5) is 0 Å². The van der Waals surface area contributed by atoms with Crippen molar-refractivity contribution in [2.75, 3.05) is 6.54 Å². The molecule has 4 heteroatoms. The van der Waals surface area contributed by atoms with E-state index in [4.69, 9.17) is 0 Å². The van der Waals surface area contributed by atoms with Gasteiger partial charge in [0.15, 0.2) is 5.82 Å². The Labute approximate surface area is 98.5 Å². The Hall–Kier alpha value is -0.900. The van der Waals surface area contributed by atoms with Crippen molar-refractivity contribution in [1.82, 2.24) is 20.1 Å². The molecule has 0 saturated carbocycles. The fourth-order valence-electron chi connectivity index (χ4n) is 1.39. The molecular weight excluding hydrogens is 200 g/mol. The number of hydrogen-bond donors (Lipinski definition) is 1. The molecule has 0 aromatic carbocycles. The zero-order valence-corrected chi connectivity index (χ0v) is 10.9. The molecule has 0 amide bonds. The molecule has 0 spiro atoms. The Balaban J connectivity index is 2.28. The van der Waals surface area contributed by atoms with Crippen LogP contribution in [0, 0.1) is 11.8 Å². The van der Waals surface area contributed by atoms with E-state index < -0.39 is 0 Å². The Morgan fingerprint density at radius 2 is 2.00 bits per heavy atom. The molecule has 0 fully saturated rings. The summed E-state index contributed by atoms with van der Waals surface area (Å²) in [4.78, 5) is 4.28. The number of aryl methyl sites for hydroxylation is 1. The SMILES string of the molecule is CC(C)CCn1cnc(CNCC(C)C)n1. The lowest BCUT2D eigenvalue weighted by Crippen LogP contribution is -2.19. The molecule has 1 N–H and O–H groups in total. The lowest BCUT2D eigenvalue weighted by molar-refractivity contribution is 0.480. The van der Waals surface area contributed by atoms with Gasteiger partial charge in [-0.1, -0.05) is 27.7 Å². The molecule has 1 rings (SSSR count). The molecule has 1 aromatic rings. The summed E-state index contributed by atoms with van der Waals surface area (Å²) in [5.74, 6) is 2.28. The van der Waals surface area contributed by atoms with Gasteiger partial charge in [-0.05, 0) is 24.8 Å². The largest absolute Gasteiger partial charge is 0.310 e. The van der Waals surface area contributed by atoms with Gasteiger partial charge in [0.25, 0.3) is 0 Å². The molecule has 0 bridgehead atoms. The Morgan fingerprint density at radius 1 is 1.25 bits per heavy atom. The number of rotatable bonds is 7. The van der Waals surface area contributed by atoms with Crippen molar-refractivity contribution in [3.05, 3.63) is 12.2 Å². The zero-order valence-electron chi connectivity index (χ0n) is 10.9. The van der Waals surface area contributed by atoms with Crippen LogP contribution in [-0.2, 0) is 13.1 Å². The van der Waals surface area contributed by atoms with E-state index in [0.29, 0.717) is 11.8 Å². The maximum atomic E-state index is 4.42. The van der Waals surface area contributed by atoms with E-state index in [1.807, 2.05) is 11.0 Å². The Morgan fingerprint density at radius 3 is 2.62 bits per heavy atom. The summed E-state index contributed by atoms with van der Waals surface area (Å²) in [6.45, 7) is 11.6. The normalized spacial score (nSPS) is 11.6. The second kappa shape index (κ2) is 6.63. The maximum absolute atomic E-state index is 4.42. The predicted octanol–water partition coefficient (Wildman–Crippen LogP) is 2.07. The standard InChI is InChI=1S/C12H24N4/c1-10(2)5-6-16-9-14-12(15-16)8-13-7-11(3)4/h9-11,13H,5-8H2,1-4H3. The minimum Gasteiger partial charge on any atom is -0.310 e. The van der Waals surface area contributed by atoms with Crippen molar-refractivity contribution in [1.29, 1.82) is 0 Å². The van der Waals surface area contributed by atoms with Crippen molar-refractivity contribution in [2.24, 2.45) is 11.8 Å². The van der Waals surface area contributed by atoms with Crippen molar-refractivity contribution in [3.8, 4) is 0 Å². The van der Waals surface area contributed by atoms with E-state index in [1.165, 1.54) is 0 Å². The van der Waals surface area contributed by atoms with Crippen molar-refractivity contribution in [3.63, 3.8) is 0 Å². The molecule has 1 heterocycles. The van der Waals surface area contributed by atoms with Gasteiger partial charge in [0.05, 0.1) is 6.54 Å². The summed E-state index contributed by atoms with van der Waals surface area (Å²) in [7, 11) is 0. The lowest BCUT2D eigenvalue weighted by Gasteiger charge is -2.05. The number of nitrogens with one attached hydrogen (secondary N) is 1. The summed E-state index contributed by atoms with van der Waals surface area (Å²) < 4.78 is 1.94. The van der Waals surface area contributed by atoms with Crippen LogP contribution < -0.4 is 5.32 Å². The molecule has 16 heavy (non-hydrogen) atoms. The average molecular weight is 224 g/mol.